The Morgan fingerprint density at radius 3 is 2.67 bits per heavy atom. The van der Waals surface area contributed by atoms with Crippen LogP contribution in [0.25, 0.3) is 0 Å². The summed E-state index contributed by atoms with van der Waals surface area (Å²) < 4.78 is 31.9. The minimum absolute atomic E-state index is 0.0872. The lowest BCUT2D eigenvalue weighted by molar-refractivity contribution is -0.122. The van der Waals surface area contributed by atoms with Crippen molar-refractivity contribution in [1.82, 2.24) is 10.0 Å². The molecule has 0 bridgehead atoms. The molecule has 0 aliphatic heterocycles. The Hall–Kier alpha value is -1.86. The minimum Gasteiger partial charge on any atom is -0.496 e. The van der Waals surface area contributed by atoms with Crippen LogP contribution in [0.5, 0.6) is 5.75 Å². The molecule has 0 saturated carbocycles. The Kier molecular flexibility index (Phi) is 5.92. The average molecular weight is 312 g/mol. The van der Waals surface area contributed by atoms with Crippen LogP contribution in [0, 0.1) is 6.92 Å². The van der Waals surface area contributed by atoms with E-state index in [-0.39, 0.29) is 11.4 Å². The Morgan fingerprint density at radius 1 is 1.48 bits per heavy atom. The van der Waals surface area contributed by atoms with Gasteiger partial charge in [-0.2, -0.15) is 4.72 Å². The van der Waals surface area contributed by atoms with Crippen molar-refractivity contribution in [3.63, 3.8) is 0 Å². The van der Waals surface area contributed by atoms with Crippen LogP contribution in [0.2, 0.25) is 0 Å². The van der Waals surface area contributed by atoms with Crippen molar-refractivity contribution >= 4 is 15.9 Å². The summed E-state index contributed by atoms with van der Waals surface area (Å²) in [6.07, 6.45) is 1.52. The molecule has 0 aliphatic rings. The van der Waals surface area contributed by atoms with Crippen LogP contribution >= 0.6 is 0 Å². The van der Waals surface area contributed by atoms with Crippen LogP contribution in [-0.4, -0.2) is 34.0 Å². The summed E-state index contributed by atoms with van der Waals surface area (Å²) in [7, 11) is -2.25. The first-order chi connectivity index (χ1) is 9.81. The van der Waals surface area contributed by atoms with Gasteiger partial charge >= 0.3 is 0 Å². The van der Waals surface area contributed by atoms with Crippen molar-refractivity contribution in [3.05, 3.63) is 36.4 Å². The second-order valence-electron chi connectivity index (χ2n) is 4.51. The van der Waals surface area contributed by atoms with Crippen LogP contribution in [0.3, 0.4) is 0 Å². The highest BCUT2D eigenvalue weighted by atomic mass is 32.2. The number of ether oxygens (including phenoxy) is 1. The van der Waals surface area contributed by atoms with Gasteiger partial charge in [0.05, 0.1) is 18.0 Å². The SMILES string of the molecule is C=CCNC(=O)[C@H](C)NS(=O)(=O)c1ccc(OC)c(C)c1. The number of sulfonamides is 1. The van der Waals surface area contributed by atoms with Gasteiger partial charge in [-0.1, -0.05) is 6.08 Å². The van der Waals surface area contributed by atoms with Crippen LogP contribution in [0.4, 0.5) is 0 Å². The van der Waals surface area contributed by atoms with E-state index in [1.54, 1.807) is 13.0 Å². The summed E-state index contributed by atoms with van der Waals surface area (Å²) in [5.74, 6) is 0.189. The third-order valence-corrected chi connectivity index (χ3v) is 4.36. The molecule has 0 spiro atoms. The second kappa shape index (κ2) is 7.24. The van der Waals surface area contributed by atoms with E-state index in [2.05, 4.69) is 16.6 Å². The maximum Gasteiger partial charge on any atom is 0.241 e. The average Bonchev–Trinajstić information content (AvgIpc) is 2.44. The van der Waals surface area contributed by atoms with Crippen LogP contribution in [0.1, 0.15) is 12.5 Å². The van der Waals surface area contributed by atoms with Gasteiger partial charge in [-0.15, -0.1) is 6.58 Å². The highest BCUT2D eigenvalue weighted by Gasteiger charge is 2.22. The second-order valence-corrected chi connectivity index (χ2v) is 6.22. The molecule has 0 heterocycles. The Labute approximate surface area is 125 Å². The molecule has 21 heavy (non-hydrogen) atoms. The number of methoxy groups -OCH3 is 1. The van der Waals surface area contributed by atoms with E-state index in [0.29, 0.717) is 11.3 Å². The predicted octanol–water partition coefficient (Wildman–Crippen LogP) is 0.973. The standard InChI is InChI=1S/C14H20N2O4S/c1-5-8-15-14(17)11(3)16-21(18,19)12-6-7-13(20-4)10(2)9-12/h5-7,9,11,16H,1,8H2,2-4H3,(H,15,17)/t11-/m0/s1. The van der Waals surface area contributed by atoms with Gasteiger partial charge in [-0.25, -0.2) is 8.42 Å². The monoisotopic (exact) mass is 312 g/mol. The van der Waals surface area contributed by atoms with Crippen LogP contribution < -0.4 is 14.8 Å². The topological polar surface area (TPSA) is 84.5 Å². The molecule has 6 nitrogen and oxygen atoms in total. The first-order valence-corrected chi connectivity index (χ1v) is 7.85. The molecule has 0 fully saturated rings. The zero-order valence-electron chi connectivity index (χ0n) is 12.3. The summed E-state index contributed by atoms with van der Waals surface area (Å²) in [4.78, 5) is 11.8. The van der Waals surface area contributed by atoms with E-state index >= 15 is 0 Å². The zero-order chi connectivity index (χ0) is 16.0. The molecule has 1 rings (SSSR count). The number of carbonyl (C=O) groups excluding carboxylic acids is 1. The Bertz CT molecular complexity index is 626. The summed E-state index contributed by atoms with van der Waals surface area (Å²) in [6.45, 7) is 6.99. The lowest BCUT2D eigenvalue weighted by Gasteiger charge is -2.14. The summed E-state index contributed by atoms with van der Waals surface area (Å²) >= 11 is 0. The first-order valence-electron chi connectivity index (χ1n) is 6.37. The van der Waals surface area contributed by atoms with Crippen molar-refractivity contribution in [2.45, 2.75) is 24.8 Å². The fourth-order valence-corrected chi connectivity index (χ4v) is 2.99. The van der Waals surface area contributed by atoms with Gasteiger partial charge in [0.2, 0.25) is 15.9 Å². The molecule has 116 valence electrons. The molecular weight excluding hydrogens is 292 g/mol. The molecule has 0 unspecified atom stereocenters. The van der Waals surface area contributed by atoms with Crippen LogP contribution in [0.15, 0.2) is 35.7 Å². The molecule has 0 aromatic heterocycles. The van der Waals surface area contributed by atoms with E-state index in [1.165, 1.54) is 32.2 Å². The van der Waals surface area contributed by atoms with Crippen molar-refractivity contribution in [2.24, 2.45) is 0 Å². The Morgan fingerprint density at radius 2 is 2.14 bits per heavy atom. The van der Waals surface area contributed by atoms with E-state index in [4.69, 9.17) is 4.74 Å². The number of rotatable bonds is 7. The summed E-state index contributed by atoms with van der Waals surface area (Å²) in [6, 6.07) is 3.63. The number of benzene rings is 1. The molecule has 0 aliphatic carbocycles. The fourth-order valence-electron chi connectivity index (χ4n) is 1.70. The van der Waals surface area contributed by atoms with E-state index in [0.717, 1.165) is 0 Å². The van der Waals surface area contributed by atoms with Crippen molar-refractivity contribution in [2.75, 3.05) is 13.7 Å². The number of carbonyl (C=O) groups is 1. The molecule has 1 amide bonds. The molecule has 1 atom stereocenters. The van der Waals surface area contributed by atoms with Gasteiger partial charge in [0, 0.05) is 6.54 Å². The van der Waals surface area contributed by atoms with Gasteiger partial charge in [0.1, 0.15) is 5.75 Å². The molecule has 0 radical (unpaired) electrons. The molecule has 1 aromatic carbocycles. The number of hydrogen-bond acceptors (Lipinski definition) is 4. The number of aryl methyl sites for hydroxylation is 1. The molecule has 7 heteroatoms. The number of nitrogens with one attached hydrogen (secondary N) is 2. The first kappa shape index (κ1) is 17.2. The lowest BCUT2D eigenvalue weighted by atomic mass is 10.2. The zero-order valence-corrected chi connectivity index (χ0v) is 13.2. The predicted molar refractivity (Wildman–Crippen MR) is 80.7 cm³/mol. The van der Waals surface area contributed by atoms with Crippen LogP contribution in [-0.2, 0) is 14.8 Å². The quantitative estimate of drug-likeness (QED) is 0.735. The van der Waals surface area contributed by atoms with Gasteiger partial charge in [0.15, 0.2) is 0 Å². The third kappa shape index (κ3) is 4.57. The van der Waals surface area contributed by atoms with E-state index in [1.807, 2.05) is 0 Å². The largest absolute Gasteiger partial charge is 0.496 e. The number of hydrogen-bond donors (Lipinski definition) is 2. The molecule has 0 saturated heterocycles. The fraction of sp³-hybridized carbons (Fsp3) is 0.357. The van der Waals surface area contributed by atoms with Gasteiger partial charge in [-0.05, 0) is 37.6 Å². The minimum atomic E-state index is -3.77. The van der Waals surface area contributed by atoms with E-state index < -0.39 is 22.0 Å². The lowest BCUT2D eigenvalue weighted by Crippen LogP contribution is -2.44. The van der Waals surface area contributed by atoms with Gasteiger partial charge in [0.25, 0.3) is 0 Å². The smallest absolute Gasteiger partial charge is 0.241 e. The van der Waals surface area contributed by atoms with E-state index in [9.17, 15) is 13.2 Å². The van der Waals surface area contributed by atoms with Crippen molar-refractivity contribution in [3.8, 4) is 5.75 Å². The van der Waals surface area contributed by atoms with Gasteiger partial charge in [-0.3, -0.25) is 4.79 Å². The highest BCUT2D eigenvalue weighted by Crippen LogP contribution is 2.21. The molecule has 1 aromatic rings. The summed E-state index contributed by atoms with van der Waals surface area (Å²) in [5, 5.41) is 2.53. The third-order valence-electron chi connectivity index (χ3n) is 2.82. The Balaban J connectivity index is 2.88. The number of amides is 1. The molecular formula is C14H20N2O4S. The molecule has 2 N–H and O–H groups in total. The van der Waals surface area contributed by atoms with Crippen molar-refractivity contribution < 1.29 is 17.9 Å². The normalized spacial score (nSPS) is 12.5. The maximum atomic E-state index is 12.2. The maximum absolute atomic E-state index is 12.2. The highest BCUT2D eigenvalue weighted by molar-refractivity contribution is 7.89. The van der Waals surface area contributed by atoms with Gasteiger partial charge < -0.3 is 10.1 Å². The summed E-state index contributed by atoms with van der Waals surface area (Å²) in [5.41, 5.74) is 0.698. The van der Waals surface area contributed by atoms with Crippen molar-refractivity contribution in [1.29, 1.82) is 0 Å².